The van der Waals surface area contributed by atoms with Crippen LogP contribution >= 0.6 is 0 Å². The highest BCUT2D eigenvalue weighted by Gasteiger charge is 2.22. The van der Waals surface area contributed by atoms with E-state index in [2.05, 4.69) is 65.9 Å². The highest BCUT2D eigenvalue weighted by atomic mass is 16.5. The third-order valence-corrected chi connectivity index (χ3v) is 2.85. The molecule has 16 heavy (non-hydrogen) atoms. The third-order valence-electron chi connectivity index (χ3n) is 2.85. The van der Waals surface area contributed by atoms with Gasteiger partial charge >= 0.3 is 0 Å². The topological polar surface area (TPSA) is 24.5 Å². The van der Waals surface area contributed by atoms with Gasteiger partial charge in [-0.1, -0.05) is 0 Å². The molecule has 3 nitrogen and oxygen atoms in total. The number of hydrogen-bond acceptors (Lipinski definition) is 3. The molecule has 1 atom stereocenters. The minimum atomic E-state index is 0.0932. The SMILES string of the molecule is CC(CNC(C)(C)C)OCC(C)(C)N(C)C. The zero-order chi connectivity index (χ0) is 13.0. The van der Waals surface area contributed by atoms with Gasteiger partial charge in [0.25, 0.3) is 0 Å². The Morgan fingerprint density at radius 3 is 2.00 bits per heavy atom. The van der Waals surface area contributed by atoms with E-state index < -0.39 is 0 Å². The summed E-state index contributed by atoms with van der Waals surface area (Å²) in [6.45, 7) is 14.7. The average Bonchev–Trinajstić information content (AvgIpc) is 2.10. The quantitative estimate of drug-likeness (QED) is 0.756. The van der Waals surface area contributed by atoms with Crippen LogP contribution < -0.4 is 5.32 Å². The molecule has 1 unspecified atom stereocenters. The van der Waals surface area contributed by atoms with Gasteiger partial charge in [0.15, 0.2) is 0 Å². The number of likely N-dealkylation sites (N-methyl/N-ethyl adjacent to an activating group) is 1. The first-order valence-corrected chi connectivity index (χ1v) is 6.09. The smallest absolute Gasteiger partial charge is 0.0672 e. The van der Waals surface area contributed by atoms with Gasteiger partial charge in [-0.25, -0.2) is 0 Å². The molecule has 0 aliphatic heterocycles. The summed E-state index contributed by atoms with van der Waals surface area (Å²) in [5, 5.41) is 3.45. The molecule has 0 radical (unpaired) electrons. The predicted molar refractivity (Wildman–Crippen MR) is 70.9 cm³/mol. The van der Waals surface area contributed by atoms with Crippen molar-refractivity contribution < 1.29 is 4.74 Å². The first kappa shape index (κ1) is 15.9. The molecular weight excluding hydrogens is 200 g/mol. The Kier molecular flexibility index (Phi) is 5.94. The number of hydrogen-bond donors (Lipinski definition) is 1. The molecule has 0 spiro atoms. The Morgan fingerprint density at radius 1 is 1.12 bits per heavy atom. The molecule has 0 heterocycles. The van der Waals surface area contributed by atoms with Crippen LogP contribution in [-0.4, -0.2) is 49.3 Å². The van der Waals surface area contributed by atoms with Crippen molar-refractivity contribution in [2.24, 2.45) is 0 Å². The van der Waals surface area contributed by atoms with E-state index in [0.717, 1.165) is 13.2 Å². The van der Waals surface area contributed by atoms with Crippen LogP contribution in [0.2, 0.25) is 0 Å². The molecule has 1 N–H and O–H groups in total. The second-order valence-electron chi connectivity index (χ2n) is 6.46. The number of ether oxygens (including phenoxy) is 1. The van der Waals surface area contributed by atoms with E-state index in [9.17, 15) is 0 Å². The van der Waals surface area contributed by atoms with E-state index in [1.165, 1.54) is 0 Å². The second kappa shape index (κ2) is 5.99. The van der Waals surface area contributed by atoms with Gasteiger partial charge in [0, 0.05) is 17.6 Å². The minimum Gasteiger partial charge on any atom is -0.375 e. The van der Waals surface area contributed by atoms with E-state index in [-0.39, 0.29) is 17.2 Å². The van der Waals surface area contributed by atoms with Gasteiger partial charge in [-0.15, -0.1) is 0 Å². The zero-order valence-corrected chi connectivity index (χ0v) is 12.3. The Bertz CT molecular complexity index is 195. The van der Waals surface area contributed by atoms with Gasteiger partial charge in [0.05, 0.1) is 12.7 Å². The fraction of sp³-hybridized carbons (Fsp3) is 1.00. The van der Waals surface area contributed by atoms with Crippen LogP contribution in [0.4, 0.5) is 0 Å². The van der Waals surface area contributed by atoms with Crippen molar-refractivity contribution >= 4 is 0 Å². The summed E-state index contributed by atoms with van der Waals surface area (Å²) in [6.07, 6.45) is 0.249. The maximum atomic E-state index is 5.86. The van der Waals surface area contributed by atoms with E-state index in [4.69, 9.17) is 4.74 Å². The lowest BCUT2D eigenvalue weighted by Gasteiger charge is -2.33. The Balaban J connectivity index is 3.86. The first-order chi connectivity index (χ1) is 7.04. The van der Waals surface area contributed by atoms with Crippen LogP contribution in [0.25, 0.3) is 0 Å². The standard InChI is InChI=1S/C13H30N2O/c1-11(9-14-12(2,3)4)16-10-13(5,6)15(7)8/h11,14H,9-10H2,1-8H3. The van der Waals surface area contributed by atoms with E-state index >= 15 is 0 Å². The van der Waals surface area contributed by atoms with E-state index in [0.29, 0.717) is 0 Å². The molecule has 98 valence electrons. The summed E-state index contributed by atoms with van der Waals surface area (Å²) in [5.41, 5.74) is 0.255. The van der Waals surface area contributed by atoms with Crippen LogP contribution in [0.15, 0.2) is 0 Å². The third kappa shape index (κ3) is 7.20. The molecule has 0 bridgehead atoms. The molecule has 0 saturated heterocycles. The normalized spacial score (nSPS) is 15.6. The van der Waals surface area contributed by atoms with Crippen molar-refractivity contribution in [1.29, 1.82) is 0 Å². The first-order valence-electron chi connectivity index (χ1n) is 6.09. The van der Waals surface area contributed by atoms with Crippen molar-refractivity contribution in [3.8, 4) is 0 Å². The van der Waals surface area contributed by atoms with Crippen molar-refractivity contribution in [3.63, 3.8) is 0 Å². The molecule has 0 aliphatic rings. The molecule has 0 rings (SSSR count). The summed E-state index contributed by atoms with van der Waals surface area (Å²) in [4.78, 5) is 2.19. The fourth-order valence-corrected chi connectivity index (χ4v) is 0.984. The highest BCUT2D eigenvalue weighted by Crippen LogP contribution is 2.11. The molecule has 0 fully saturated rings. The highest BCUT2D eigenvalue weighted by molar-refractivity contribution is 4.77. The average molecular weight is 230 g/mol. The van der Waals surface area contributed by atoms with Crippen molar-refractivity contribution in [2.45, 2.75) is 58.7 Å². The van der Waals surface area contributed by atoms with Crippen molar-refractivity contribution in [2.75, 3.05) is 27.2 Å². The van der Waals surface area contributed by atoms with Crippen molar-refractivity contribution in [3.05, 3.63) is 0 Å². The summed E-state index contributed by atoms with van der Waals surface area (Å²) in [6, 6.07) is 0. The summed E-state index contributed by atoms with van der Waals surface area (Å²) in [5.74, 6) is 0. The molecule has 0 saturated carbocycles. The Hall–Kier alpha value is -0.120. The van der Waals surface area contributed by atoms with Crippen LogP contribution in [0.5, 0.6) is 0 Å². The lowest BCUT2D eigenvalue weighted by molar-refractivity contribution is -0.00502. The van der Waals surface area contributed by atoms with Gasteiger partial charge in [-0.05, 0) is 55.6 Å². The maximum absolute atomic E-state index is 5.86. The number of nitrogens with zero attached hydrogens (tertiary/aromatic N) is 1. The fourth-order valence-electron chi connectivity index (χ4n) is 0.984. The molecule has 0 amide bonds. The number of rotatable bonds is 6. The second-order valence-corrected chi connectivity index (χ2v) is 6.46. The Morgan fingerprint density at radius 2 is 1.62 bits per heavy atom. The summed E-state index contributed by atoms with van der Waals surface area (Å²) < 4.78 is 5.86. The monoisotopic (exact) mass is 230 g/mol. The van der Waals surface area contributed by atoms with Crippen LogP contribution in [0.3, 0.4) is 0 Å². The lowest BCUT2D eigenvalue weighted by Crippen LogP contribution is -2.45. The molecule has 0 aromatic rings. The Labute approximate surface area is 102 Å². The zero-order valence-electron chi connectivity index (χ0n) is 12.3. The molecule has 3 heteroatoms. The number of nitrogens with one attached hydrogen (secondary N) is 1. The molecular formula is C13H30N2O. The van der Waals surface area contributed by atoms with Gasteiger partial charge in [0.1, 0.15) is 0 Å². The van der Waals surface area contributed by atoms with Crippen LogP contribution in [-0.2, 0) is 4.74 Å². The minimum absolute atomic E-state index is 0.0932. The molecule has 0 aromatic carbocycles. The summed E-state index contributed by atoms with van der Waals surface area (Å²) in [7, 11) is 4.17. The van der Waals surface area contributed by atoms with Gasteiger partial charge in [-0.2, -0.15) is 0 Å². The van der Waals surface area contributed by atoms with E-state index in [1.54, 1.807) is 0 Å². The molecule has 0 aromatic heterocycles. The molecule has 0 aliphatic carbocycles. The lowest BCUT2D eigenvalue weighted by atomic mass is 10.1. The van der Waals surface area contributed by atoms with Gasteiger partial charge in [-0.3, -0.25) is 0 Å². The van der Waals surface area contributed by atoms with Crippen LogP contribution in [0.1, 0.15) is 41.5 Å². The van der Waals surface area contributed by atoms with Gasteiger partial charge < -0.3 is 15.0 Å². The predicted octanol–water partition coefficient (Wildman–Crippen LogP) is 2.12. The van der Waals surface area contributed by atoms with Crippen molar-refractivity contribution in [1.82, 2.24) is 10.2 Å². The van der Waals surface area contributed by atoms with Gasteiger partial charge in [0.2, 0.25) is 0 Å². The van der Waals surface area contributed by atoms with Crippen LogP contribution in [0, 0.1) is 0 Å². The summed E-state index contributed by atoms with van der Waals surface area (Å²) >= 11 is 0. The largest absolute Gasteiger partial charge is 0.375 e. The van der Waals surface area contributed by atoms with E-state index in [1.807, 2.05) is 0 Å². The maximum Gasteiger partial charge on any atom is 0.0672 e.